The maximum atomic E-state index is 10.3. The number of anilines is 1. The minimum atomic E-state index is -1.15. The lowest BCUT2D eigenvalue weighted by Gasteiger charge is -2.04. The lowest BCUT2D eigenvalue weighted by atomic mass is 10.3. The molecule has 0 atom stereocenters. The van der Waals surface area contributed by atoms with Gasteiger partial charge in [0.1, 0.15) is 0 Å². The van der Waals surface area contributed by atoms with Crippen molar-refractivity contribution in [2.24, 2.45) is 0 Å². The van der Waals surface area contributed by atoms with E-state index in [1.165, 1.54) is 24.3 Å². The first kappa shape index (κ1) is 10.2. The molecule has 7 nitrogen and oxygen atoms in total. The van der Waals surface area contributed by atoms with E-state index in [1.54, 1.807) is 0 Å². The topological polar surface area (TPSA) is 89.5 Å². The van der Waals surface area contributed by atoms with Gasteiger partial charge in [-0.3, -0.25) is 0 Å². The minimum Gasteiger partial charge on any atom is -0.230 e. The Balaban J connectivity index is 3.18. The molecule has 0 unspecified atom stereocenters. The Labute approximate surface area is 82.7 Å². The molecule has 0 radical (unpaired) electrons. The van der Waals surface area contributed by atoms with Crippen molar-refractivity contribution in [3.05, 3.63) is 49.5 Å². The van der Waals surface area contributed by atoms with Gasteiger partial charge in [-0.1, -0.05) is 23.7 Å². The van der Waals surface area contributed by atoms with E-state index in [1.807, 2.05) is 0 Å². The van der Waals surface area contributed by atoms with Gasteiger partial charge in [0.15, 0.2) is 5.69 Å². The highest BCUT2D eigenvalue weighted by atomic mass is 35.5. The zero-order valence-corrected chi connectivity index (χ0v) is 7.42. The SMILES string of the molecule is O=[N+]([O-])N(c1ccccc1Cl)[N+](=O)[O-]. The Morgan fingerprint density at radius 2 is 1.64 bits per heavy atom. The molecule has 0 aliphatic carbocycles. The fourth-order valence-electron chi connectivity index (χ4n) is 0.849. The summed E-state index contributed by atoms with van der Waals surface area (Å²) in [5, 5.41) is 18.1. The molecule has 1 rings (SSSR count). The molecule has 0 saturated heterocycles. The van der Waals surface area contributed by atoms with E-state index in [0.717, 1.165) is 0 Å². The Morgan fingerprint density at radius 3 is 2.07 bits per heavy atom. The van der Waals surface area contributed by atoms with Gasteiger partial charge in [-0.15, -0.1) is 0 Å². The molecule has 0 aliphatic heterocycles. The maximum Gasteiger partial charge on any atom is 0.228 e. The fraction of sp³-hybridized carbons (Fsp3) is 0. The van der Waals surface area contributed by atoms with Gasteiger partial charge >= 0.3 is 0 Å². The molecule has 0 bridgehead atoms. The minimum absolute atomic E-state index is 0.0547. The van der Waals surface area contributed by atoms with Crippen LogP contribution in [0.25, 0.3) is 0 Å². The molecule has 0 N–H and O–H groups in total. The van der Waals surface area contributed by atoms with Gasteiger partial charge in [0, 0.05) is 0 Å². The predicted octanol–water partition coefficient (Wildman–Crippen LogP) is 1.53. The zero-order chi connectivity index (χ0) is 10.7. The average molecular weight is 218 g/mol. The normalized spacial score (nSPS) is 9.50. The Hall–Kier alpha value is -1.89. The number of halogens is 1. The third-order valence-electron chi connectivity index (χ3n) is 1.38. The molecule has 0 spiro atoms. The summed E-state index contributed by atoms with van der Waals surface area (Å²) in [6.07, 6.45) is 0. The van der Waals surface area contributed by atoms with E-state index in [0.29, 0.717) is 0 Å². The van der Waals surface area contributed by atoms with Gasteiger partial charge in [-0.05, 0) is 12.1 Å². The van der Waals surface area contributed by atoms with Crippen molar-refractivity contribution < 1.29 is 10.1 Å². The number of hydrogen-bond donors (Lipinski definition) is 0. The monoisotopic (exact) mass is 217 g/mol. The molecule has 0 heterocycles. The fourth-order valence-corrected chi connectivity index (χ4v) is 1.06. The van der Waals surface area contributed by atoms with Gasteiger partial charge in [0.05, 0.1) is 5.02 Å². The van der Waals surface area contributed by atoms with Crippen LogP contribution in [0.15, 0.2) is 24.3 Å². The van der Waals surface area contributed by atoms with Crippen molar-refractivity contribution >= 4 is 17.3 Å². The van der Waals surface area contributed by atoms with Crippen LogP contribution in [0, 0.1) is 20.2 Å². The van der Waals surface area contributed by atoms with Crippen LogP contribution in [0.4, 0.5) is 5.69 Å². The molecular weight excluding hydrogens is 214 g/mol. The van der Waals surface area contributed by atoms with Crippen LogP contribution in [-0.4, -0.2) is 10.1 Å². The van der Waals surface area contributed by atoms with Gasteiger partial charge in [-0.2, -0.15) is 0 Å². The second-order valence-corrected chi connectivity index (χ2v) is 2.62. The van der Waals surface area contributed by atoms with E-state index in [9.17, 15) is 20.2 Å². The molecule has 1 aromatic carbocycles. The molecule has 14 heavy (non-hydrogen) atoms. The first-order valence-electron chi connectivity index (χ1n) is 3.37. The largest absolute Gasteiger partial charge is 0.230 e. The summed E-state index contributed by atoms with van der Waals surface area (Å²) in [6.45, 7) is 0. The molecule has 74 valence electrons. The Bertz CT molecular complexity index is 369. The molecule has 0 amide bonds. The van der Waals surface area contributed by atoms with Crippen molar-refractivity contribution in [1.82, 2.24) is 0 Å². The molecule has 0 aliphatic rings. The van der Waals surface area contributed by atoms with E-state index in [4.69, 9.17) is 11.6 Å². The summed E-state index contributed by atoms with van der Waals surface area (Å²) in [6, 6.07) is 5.45. The van der Waals surface area contributed by atoms with Crippen molar-refractivity contribution in [2.45, 2.75) is 0 Å². The van der Waals surface area contributed by atoms with Crippen molar-refractivity contribution in [3.63, 3.8) is 0 Å². The van der Waals surface area contributed by atoms with Crippen LogP contribution in [0.2, 0.25) is 5.02 Å². The smallest absolute Gasteiger partial charge is 0.228 e. The van der Waals surface area contributed by atoms with Crippen LogP contribution in [0.1, 0.15) is 0 Å². The summed E-state index contributed by atoms with van der Waals surface area (Å²) >= 11 is 5.56. The Morgan fingerprint density at radius 1 is 1.14 bits per heavy atom. The first-order valence-corrected chi connectivity index (χ1v) is 3.75. The van der Waals surface area contributed by atoms with E-state index < -0.39 is 10.1 Å². The first-order chi connectivity index (χ1) is 6.54. The van der Waals surface area contributed by atoms with Gasteiger partial charge in [-0.25, -0.2) is 20.2 Å². The number of hydrogen-bond acceptors (Lipinski definition) is 4. The molecule has 0 fully saturated rings. The highest BCUT2D eigenvalue weighted by Gasteiger charge is 2.31. The molecule has 8 heteroatoms. The van der Waals surface area contributed by atoms with Crippen LogP contribution in [0.5, 0.6) is 0 Å². The van der Waals surface area contributed by atoms with E-state index in [-0.39, 0.29) is 15.8 Å². The molecule has 0 aromatic heterocycles. The predicted molar refractivity (Wildman–Crippen MR) is 47.9 cm³/mol. The highest BCUT2D eigenvalue weighted by Crippen LogP contribution is 2.24. The lowest BCUT2D eigenvalue weighted by molar-refractivity contribution is -0.711. The summed E-state index contributed by atoms with van der Waals surface area (Å²) < 4.78 is 0. The maximum absolute atomic E-state index is 10.3. The van der Waals surface area contributed by atoms with Crippen LogP contribution in [-0.2, 0) is 0 Å². The second-order valence-electron chi connectivity index (χ2n) is 2.22. The number of hydrazine groups is 2. The molecule has 1 aromatic rings. The third-order valence-corrected chi connectivity index (χ3v) is 1.70. The van der Waals surface area contributed by atoms with Gasteiger partial charge in [0.25, 0.3) is 0 Å². The number of rotatable bonds is 3. The van der Waals surface area contributed by atoms with E-state index in [2.05, 4.69) is 0 Å². The Kier molecular flexibility index (Phi) is 2.82. The molecule has 0 saturated carbocycles. The van der Waals surface area contributed by atoms with Crippen molar-refractivity contribution in [2.75, 3.05) is 5.12 Å². The van der Waals surface area contributed by atoms with Gasteiger partial charge < -0.3 is 0 Å². The third kappa shape index (κ3) is 1.88. The van der Waals surface area contributed by atoms with Crippen LogP contribution < -0.4 is 5.12 Å². The number of nitro groups is 2. The molecular formula is C6H4ClN3O4. The zero-order valence-electron chi connectivity index (χ0n) is 6.66. The standard InChI is InChI=1S/C6H4ClN3O4/c7-5-3-1-2-4-6(5)8(9(11)12)10(13)14/h1-4H. The van der Waals surface area contributed by atoms with E-state index >= 15 is 0 Å². The second kappa shape index (κ2) is 3.88. The number of para-hydroxylation sites is 1. The number of benzene rings is 1. The van der Waals surface area contributed by atoms with Crippen LogP contribution in [0.3, 0.4) is 0 Å². The summed E-state index contributed by atoms with van der Waals surface area (Å²) in [4.78, 5) is 20.6. The summed E-state index contributed by atoms with van der Waals surface area (Å²) in [5.74, 6) is 0. The highest BCUT2D eigenvalue weighted by molar-refractivity contribution is 6.33. The average Bonchev–Trinajstić information content (AvgIpc) is 2.07. The summed E-state index contributed by atoms with van der Waals surface area (Å²) in [5.41, 5.74) is -0.274. The lowest BCUT2D eigenvalue weighted by Crippen LogP contribution is -2.35. The van der Waals surface area contributed by atoms with Gasteiger partial charge in [0.2, 0.25) is 15.2 Å². The van der Waals surface area contributed by atoms with Crippen LogP contribution >= 0.6 is 11.6 Å². The van der Waals surface area contributed by atoms with Crippen molar-refractivity contribution in [3.8, 4) is 0 Å². The summed E-state index contributed by atoms with van der Waals surface area (Å²) in [7, 11) is 0. The van der Waals surface area contributed by atoms with Crippen molar-refractivity contribution in [1.29, 1.82) is 0 Å². The number of nitrogens with zero attached hydrogens (tertiary/aromatic N) is 3. The quantitative estimate of drug-likeness (QED) is 0.566.